The molecule has 0 aliphatic rings. The van der Waals surface area contributed by atoms with Gasteiger partial charge >= 0.3 is 12.4 Å². The topological polar surface area (TPSA) is 28.3 Å². The monoisotopic (exact) mass is 708 g/mol. The summed E-state index contributed by atoms with van der Waals surface area (Å²) in [5, 5.41) is 3.19. The van der Waals surface area contributed by atoms with Crippen LogP contribution in [-0.4, -0.2) is 23.4 Å². The summed E-state index contributed by atoms with van der Waals surface area (Å²) in [6.07, 6.45) is -9.55. The van der Waals surface area contributed by atoms with Crippen molar-refractivity contribution in [3.05, 3.63) is 131 Å². The van der Waals surface area contributed by atoms with Gasteiger partial charge in [-0.25, -0.2) is 0 Å². The van der Waals surface area contributed by atoms with Crippen LogP contribution in [0.3, 0.4) is 0 Å². The van der Waals surface area contributed by atoms with Gasteiger partial charge in [0.2, 0.25) is 0 Å². The van der Waals surface area contributed by atoms with Gasteiger partial charge in [0, 0.05) is 32.7 Å². The maximum absolute atomic E-state index is 14.5. The van der Waals surface area contributed by atoms with Crippen LogP contribution in [0.2, 0.25) is 0 Å². The van der Waals surface area contributed by atoms with E-state index in [0.717, 1.165) is 56.9 Å². The van der Waals surface area contributed by atoms with Gasteiger partial charge in [0.05, 0.1) is 58.8 Å². The summed E-state index contributed by atoms with van der Waals surface area (Å²) >= 11 is 0. The van der Waals surface area contributed by atoms with Crippen LogP contribution >= 0.6 is 0 Å². The van der Waals surface area contributed by atoms with E-state index in [4.69, 9.17) is 9.47 Å². The van der Waals surface area contributed by atoms with Crippen molar-refractivity contribution in [1.29, 1.82) is 0 Å². The Labute approximate surface area is 294 Å². The molecule has 0 fully saturated rings. The predicted molar refractivity (Wildman–Crippen MR) is 193 cm³/mol. The van der Waals surface area contributed by atoms with Gasteiger partial charge in [-0.05, 0) is 111 Å². The molecular weight excluding hydrogens is 678 g/mol. The van der Waals surface area contributed by atoms with E-state index in [-0.39, 0.29) is 22.5 Å². The third-order valence-electron chi connectivity index (χ3n) is 9.68. The van der Waals surface area contributed by atoms with Crippen molar-refractivity contribution in [2.24, 2.45) is 0 Å². The fourth-order valence-corrected chi connectivity index (χ4v) is 7.25. The van der Waals surface area contributed by atoms with Crippen molar-refractivity contribution < 1.29 is 35.8 Å². The molecule has 0 aliphatic heterocycles. The molecule has 2 aromatic heterocycles. The molecule has 8 rings (SSSR count). The van der Waals surface area contributed by atoms with Crippen molar-refractivity contribution in [1.82, 2.24) is 9.13 Å². The molecule has 0 amide bonds. The smallest absolute Gasteiger partial charge is 0.416 e. The molecule has 52 heavy (non-hydrogen) atoms. The molecule has 0 radical (unpaired) electrons. The van der Waals surface area contributed by atoms with Crippen molar-refractivity contribution in [2.75, 3.05) is 14.2 Å². The van der Waals surface area contributed by atoms with E-state index in [0.29, 0.717) is 33.6 Å². The highest BCUT2D eigenvalue weighted by Gasteiger charge is 2.35. The minimum absolute atomic E-state index is 0.0262. The van der Waals surface area contributed by atoms with E-state index < -0.39 is 23.5 Å². The highest BCUT2D eigenvalue weighted by molar-refractivity contribution is 6.12. The molecule has 0 saturated heterocycles. The van der Waals surface area contributed by atoms with Crippen LogP contribution in [0.4, 0.5) is 26.3 Å². The lowest BCUT2D eigenvalue weighted by atomic mass is 9.96. The molecule has 0 bridgehead atoms. The molecule has 0 unspecified atom stereocenters. The number of methoxy groups -OCH3 is 2. The average Bonchev–Trinajstić information content (AvgIpc) is 3.61. The van der Waals surface area contributed by atoms with Gasteiger partial charge in [-0.1, -0.05) is 23.3 Å². The lowest BCUT2D eigenvalue weighted by Crippen LogP contribution is -2.10. The lowest BCUT2D eigenvalue weighted by molar-refractivity contribution is -0.138. The molecule has 4 nitrogen and oxygen atoms in total. The number of aryl methyl sites for hydroxylation is 2. The predicted octanol–water partition coefficient (Wildman–Crippen LogP) is 12.2. The van der Waals surface area contributed by atoms with Crippen LogP contribution in [0.5, 0.6) is 11.5 Å². The van der Waals surface area contributed by atoms with Gasteiger partial charge < -0.3 is 18.6 Å². The minimum Gasteiger partial charge on any atom is -0.497 e. The zero-order valence-corrected chi connectivity index (χ0v) is 28.4. The molecule has 0 aliphatic carbocycles. The Balaban J connectivity index is 1.54. The zero-order chi connectivity index (χ0) is 36.7. The SMILES string of the molecule is COc1ccc2c(c1)c1cc(C)ccc1n2-c1ccc(C(F)(F)F)cc1-c1cc(C(F)(F)F)ccc1-n1c2ccc(C)cc2c2cc(OC)ccc21. The molecule has 0 saturated carbocycles. The van der Waals surface area contributed by atoms with Crippen LogP contribution in [-0.2, 0) is 12.4 Å². The Morgan fingerprint density at radius 3 is 1.12 bits per heavy atom. The van der Waals surface area contributed by atoms with Crippen molar-refractivity contribution >= 4 is 43.6 Å². The number of benzene rings is 6. The first-order valence-electron chi connectivity index (χ1n) is 16.4. The second-order valence-electron chi connectivity index (χ2n) is 12.9. The Kier molecular flexibility index (Phi) is 7.57. The van der Waals surface area contributed by atoms with Crippen LogP contribution < -0.4 is 9.47 Å². The molecule has 6 aromatic carbocycles. The number of hydrogen-bond acceptors (Lipinski definition) is 2. The molecule has 8 aromatic rings. The van der Waals surface area contributed by atoms with E-state index in [9.17, 15) is 26.3 Å². The Morgan fingerprint density at radius 1 is 0.423 bits per heavy atom. The number of halogens is 6. The minimum atomic E-state index is -4.78. The number of alkyl halides is 6. The van der Waals surface area contributed by atoms with Crippen LogP contribution in [0.25, 0.3) is 66.1 Å². The molecule has 0 spiro atoms. The van der Waals surface area contributed by atoms with E-state index in [1.807, 2.05) is 71.5 Å². The third-order valence-corrected chi connectivity index (χ3v) is 9.68. The van der Waals surface area contributed by atoms with Crippen molar-refractivity contribution in [3.8, 4) is 34.0 Å². The van der Waals surface area contributed by atoms with Gasteiger partial charge in [0.25, 0.3) is 0 Å². The summed E-state index contributed by atoms with van der Waals surface area (Å²) in [6, 6.07) is 28.8. The van der Waals surface area contributed by atoms with E-state index in [1.165, 1.54) is 12.1 Å². The summed E-state index contributed by atoms with van der Waals surface area (Å²) < 4.78 is 102. The van der Waals surface area contributed by atoms with E-state index in [2.05, 4.69) is 0 Å². The number of hydrogen-bond donors (Lipinski definition) is 0. The second kappa shape index (κ2) is 11.8. The summed E-state index contributed by atoms with van der Waals surface area (Å²) in [5.41, 5.74) is 3.08. The first-order chi connectivity index (χ1) is 24.8. The first-order valence-corrected chi connectivity index (χ1v) is 16.4. The summed E-state index contributed by atoms with van der Waals surface area (Å²) in [6.45, 7) is 3.87. The third kappa shape index (κ3) is 5.32. The highest BCUT2D eigenvalue weighted by Crippen LogP contribution is 2.45. The molecule has 10 heteroatoms. The van der Waals surface area contributed by atoms with Gasteiger partial charge in [-0.3, -0.25) is 0 Å². The lowest BCUT2D eigenvalue weighted by Gasteiger charge is -2.21. The molecule has 2 heterocycles. The number of fused-ring (bicyclic) bond motifs is 6. The number of aromatic nitrogens is 2. The maximum atomic E-state index is 14.5. The van der Waals surface area contributed by atoms with Gasteiger partial charge in [0.1, 0.15) is 11.5 Å². The molecule has 0 N–H and O–H groups in total. The Hall–Kier alpha value is -5.90. The number of nitrogens with zero attached hydrogens (tertiary/aromatic N) is 2. The molecule has 262 valence electrons. The average molecular weight is 709 g/mol. The fourth-order valence-electron chi connectivity index (χ4n) is 7.25. The highest BCUT2D eigenvalue weighted by atomic mass is 19.4. The van der Waals surface area contributed by atoms with Crippen LogP contribution in [0, 0.1) is 13.8 Å². The summed E-state index contributed by atoms with van der Waals surface area (Å²) in [5.74, 6) is 1.16. The molecular formula is C42H30F6N2O2. The second-order valence-corrected chi connectivity index (χ2v) is 12.9. The number of ether oxygens (including phenoxy) is 2. The largest absolute Gasteiger partial charge is 0.497 e. The number of rotatable bonds is 5. The van der Waals surface area contributed by atoms with E-state index >= 15 is 0 Å². The summed E-state index contributed by atoms with van der Waals surface area (Å²) in [4.78, 5) is 0. The fraction of sp³-hybridized carbons (Fsp3) is 0.143. The summed E-state index contributed by atoms with van der Waals surface area (Å²) in [7, 11) is 3.08. The zero-order valence-electron chi connectivity index (χ0n) is 28.4. The van der Waals surface area contributed by atoms with Crippen LogP contribution in [0.1, 0.15) is 22.3 Å². The van der Waals surface area contributed by atoms with Gasteiger partial charge in [-0.2, -0.15) is 26.3 Å². The Morgan fingerprint density at radius 2 is 0.769 bits per heavy atom. The van der Waals surface area contributed by atoms with Gasteiger partial charge in [-0.15, -0.1) is 0 Å². The van der Waals surface area contributed by atoms with E-state index in [1.54, 1.807) is 38.5 Å². The normalized spacial score (nSPS) is 12.4. The maximum Gasteiger partial charge on any atom is 0.416 e. The van der Waals surface area contributed by atoms with Gasteiger partial charge in [0.15, 0.2) is 0 Å². The molecule has 0 atom stereocenters. The quantitative estimate of drug-likeness (QED) is 0.167. The van der Waals surface area contributed by atoms with Crippen molar-refractivity contribution in [2.45, 2.75) is 26.2 Å². The Bertz CT molecular complexity index is 2530. The van der Waals surface area contributed by atoms with Crippen LogP contribution in [0.15, 0.2) is 109 Å². The first kappa shape index (κ1) is 33.3. The van der Waals surface area contributed by atoms with Crippen molar-refractivity contribution in [3.63, 3.8) is 0 Å². The standard InChI is InChI=1S/C42H30F6N2O2/c1-23-5-11-35-29(17-23)33-21-27(51-3)9-15-39(33)49(35)37-13-7-25(41(43,44)45)19-31(37)32-20-26(42(46,47)48)8-14-38(32)50-36-12-6-24(2)18-30(36)34-22-28(52-4)10-16-40(34)50/h5-22H,1-4H3.